The summed E-state index contributed by atoms with van der Waals surface area (Å²) in [5.74, 6) is 0.452. The van der Waals surface area contributed by atoms with Crippen molar-refractivity contribution in [2.45, 2.75) is 25.7 Å². The number of nitrogens with one attached hydrogen (secondary N) is 1. The van der Waals surface area contributed by atoms with Crippen molar-refractivity contribution in [3.05, 3.63) is 0 Å². The maximum absolute atomic E-state index is 11.0. The van der Waals surface area contributed by atoms with E-state index in [0.717, 1.165) is 32.4 Å². The Bertz CT molecular complexity index is 208. The highest BCUT2D eigenvalue weighted by Crippen LogP contribution is 2.38. The van der Waals surface area contributed by atoms with Crippen LogP contribution in [0.1, 0.15) is 25.7 Å². The minimum Gasteiger partial charge on any atom is -0.481 e. The number of aliphatic carboxylic acids is 1. The van der Waals surface area contributed by atoms with Crippen LogP contribution in [-0.4, -0.2) is 24.2 Å². The van der Waals surface area contributed by atoms with Crippen molar-refractivity contribution < 1.29 is 9.90 Å². The monoisotopic (exact) mass is 219 g/mol. The Morgan fingerprint density at radius 2 is 2.07 bits per heavy atom. The van der Waals surface area contributed by atoms with Crippen LogP contribution in [0.25, 0.3) is 0 Å². The largest absolute Gasteiger partial charge is 0.481 e. The molecule has 2 fully saturated rings. The molecule has 4 heteroatoms. The Morgan fingerprint density at radius 1 is 1.29 bits per heavy atom. The molecule has 1 heterocycles. The summed E-state index contributed by atoms with van der Waals surface area (Å²) in [6, 6.07) is 0. The fraction of sp³-hybridized carbons (Fsp3) is 0.900. The van der Waals surface area contributed by atoms with Gasteiger partial charge in [-0.25, -0.2) is 0 Å². The second kappa shape index (κ2) is 4.99. The van der Waals surface area contributed by atoms with Crippen LogP contribution < -0.4 is 5.32 Å². The van der Waals surface area contributed by atoms with Crippen LogP contribution in [0.2, 0.25) is 0 Å². The molecule has 82 valence electrons. The van der Waals surface area contributed by atoms with E-state index in [9.17, 15) is 4.79 Å². The van der Waals surface area contributed by atoms with Gasteiger partial charge in [-0.1, -0.05) is 6.42 Å². The standard InChI is InChI=1S/C10H17NO2.ClH/c12-10(13)9-3-1-2-7-6-11-5-4-8(7)9;/h7-9,11H,1-6H2,(H,12,13);1H. The Hall–Kier alpha value is -0.280. The molecule has 0 aromatic rings. The molecule has 1 aliphatic carbocycles. The second-order valence-electron chi connectivity index (χ2n) is 4.29. The zero-order valence-electron chi connectivity index (χ0n) is 8.24. The molecule has 1 aliphatic heterocycles. The van der Waals surface area contributed by atoms with Crippen LogP contribution in [0.15, 0.2) is 0 Å². The normalized spacial score (nSPS) is 36.7. The SMILES string of the molecule is Cl.O=C(O)C1CCCC2CNCCC21. The third kappa shape index (κ3) is 2.20. The Kier molecular flexibility index (Phi) is 4.20. The van der Waals surface area contributed by atoms with Gasteiger partial charge >= 0.3 is 5.97 Å². The zero-order valence-corrected chi connectivity index (χ0v) is 9.05. The van der Waals surface area contributed by atoms with Crippen molar-refractivity contribution in [1.82, 2.24) is 5.32 Å². The Morgan fingerprint density at radius 3 is 2.79 bits per heavy atom. The zero-order chi connectivity index (χ0) is 9.26. The van der Waals surface area contributed by atoms with E-state index >= 15 is 0 Å². The molecule has 0 aromatic heterocycles. The number of hydrogen-bond acceptors (Lipinski definition) is 2. The highest BCUT2D eigenvalue weighted by atomic mass is 35.5. The van der Waals surface area contributed by atoms with Gasteiger partial charge in [-0.2, -0.15) is 0 Å². The molecule has 2 aliphatic rings. The van der Waals surface area contributed by atoms with Gasteiger partial charge in [0.2, 0.25) is 0 Å². The first-order valence-electron chi connectivity index (χ1n) is 5.22. The summed E-state index contributed by atoms with van der Waals surface area (Å²) in [7, 11) is 0. The highest BCUT2D eigenvalue weighted by Gasteiger charge is 2.38. The van der Waals surface area contributed by atoms with Crippen molar-refractivity contribution in [3.8, 4) is 0 Å². The number of rotatable bonds is 1. The number of carbonyl (C=O) groups is 1. The first-order chi connectivity index (χ1) is 6.29. The molecule has 1 saturated heterocycles. The van der Waals surface area contributed by atoms with Gasteiger partial charge in [-0.3, -0.25) is 4.79 Å². The third-order valence-electron chi connectivity index (χ3n) is 3.59. The van der Waals surface area contributed by atoms with Gasteiger partial charge in [0.15, 0.2) is 0 Å². The van der Waals surface area contributed by atoms with Crippen molar-refractivity contribution in [2.75, 3.05) is 13.1 Å². The molecule has 2 N–H and O–H groups in total. The summed E-state index contributed by atoms with van der Waals surface area (Å²) in [4.78, 5) is 11.0. The number of carboxylic acid groups (broad SMARTS) is 1. The first kappa shape index (κ1) is 11.8. The quantitative estimate of drug-likeness (QED) is 0.703. The minimum atomic E-state index is -0.573. The molecule has 0 bridgehead atoms. The van der Waals surface area contributed by atoms with Crippen LogP contribution in [0.4, 0.5) is 0 Å². The summed E-state index contributed by atoms with van der Waals surface area (Å²) < 4.78 is 0. The van der Waals surface area contributed by atoms with Crippen molar-refractivity contribution in [3.63, 3.8) is 0 Å². The number of fused-ring (bicyclic) bond motifs is 1. The fourth-order valence-corrected chi connectivity index (χ4v) is 2.91. The molecule has 2 rings (SSSR count). The van der Waals surface area contributed by atoms with E-state index in [1.165, 1.54) is 6.42 Å². The average molecular weight is 220 g/mol. The fourth-order valence-electron chi connectivity index (χ4n) is 2.91. The van der Waals surface area contributed by atoms with Crippen molar-refractivity contribution in [2.24, 2.45) is 17.8 Å². The van der Waals surface area contributed by atoms with Crippen LogP contribution in [0, 0.1) is 17.8 Å². The highest BCUT2D eigenvalue weighted by molar-refractivity contribution is 5.85. The van der Waals surface area contributed by atoms with Gasteiger partial charge in [0.1, 0.15) is 0 Å². The molecule has 3 nitrogen and oxygen atoms in total. The molecule has 3 atom stereocenters. The first-order valence-corrected chi connectivity index (χ1v) is 5.22. The van der Waals surface area contributed by atoms with Gasteiger partial charge in [-0.05, 0) is 44.2 Å². The topological polar surface area (TPSA) is 49.3 Å². The summed E-state index contributed by atoms with van der Waals surface area (Å²) >= 11 is 0. The average Bonchev–Trinajstić information content (AvgIpc) is 2.17. The van der Waals surface area contributed by atoms with E-state index in [2.05, 4.69) is 5.32 Å². The molecular formula is C10H18ClNO2. The maximum Gasteiger partial charge on any atom is 0.306 e. The Labute approximate surface area is 90.7 Å². The van der Waals surface area contributed by atoms with Gasteiger partial charge in [0.25, 0.3) is 0 Å². The minimum absolute atomic E-state index is 0. The van der Waals surface area contributed by atoms with Gasteiger partial charge < -0.3 is 10.4 Å². The van der Waals surface area contributed by atoms with E-state index < -0.39 is 5.97 Å². The van der Waals surface area contributed by atoms with E-state index in [1.54, 1.807) is 0 Å². The third-order valence-corrected chi connectivity index (χ3v) is 3.59. The van der Waals surface area contributed by atoms with Crippen LogP contribution >= 0.6 is 12.4 Å². The van der Waals surface area contributed by atoms with Crippen LogP contribution in [-0.2, 0) is 4.79 Å². The molecule has 1 saturated carbocycles. The lowest BCUT2D eigenvalue weighted by molar-refractivity contribution is -0.146. The maximum atomic E-state index is 11.0. The van der Waals surface area contributed by atoms with E-state index in [-0.39, 0.29) is 18.3 Å². The molecule has 0 radical (unpaired) electrons. The molecule has 0 spiro atoms. The predicted molar refractivity (Wildman–Crippen MR) is 56.7 cm³/mol. The lowest BCUT2D eigenvalue weighted by atomic mass is 9.69. The van der Waals surface area contributed by atoms with Crippen LogP contribution in [0.5, 0.6) is 0 Å². The summed E-state index contributed by atoms with van der Waals surface area (Å²) in [6.07, 6.45) is 4.28. The number of piperidine rings is 1. The van der Waals surface area contributed by atoms with E-state index in [4.69, 9.17) is 5.11 Å². The summed E-state index contributed by atoms with van der Waals surface area (Å²) in [6.45, 7) is 2.04. The van der Waals surface area contributed by atoms with E-state index in [0.29, 0.717) is 11.8 Å². The molecule has 0 amide bonds. The number of hydrogen-bond donors (Lipinski definition) is 2. The van der Waals surface area contributed by atoms with Gasteiger partial charge in [-0.15, -0.1) is 12.4 Å². The van der Waals surface area contributed by atoms with Gasteiger partial charge in [0.05, 0.1) is 5.92 Å². The lowest BCUT2D eigenvalue weighted by Crippen LogP contribution is -2.44. The predicted octanol–water partition coefficient (Wildman–Crippen LogP) is 1.52. The van der Waals surface area contributed by atoms with Crippen molar-refractivity contribution >= 4 is 18.4 Å². The van der Waals surface area contributed by atoms with Crippen LogP contribution in [0.3, 0.4) is 0 Å². The van der Waals surface area contributed by atoms with E-state index in [1.807, 2.05) is 0 Å². The number of halogens is 1. The molecule has 14 heavy (non-hydrogen) atoms. The molecule has 0 aromatic carbocycles. The number of carboxylic acids is 1. The Balaban J connectivity index is 0.000000980. The lowest BCUT2D eigenvalue weighted by Gasteiger charge is -2.39. The summed E-state index contributed by atoms with van der Waals surface area (Å²) in [5.41, 5.74) is 0. The van der Waals surface area contributed by atoms with Gasteiger partial charge in [0, 0.05) is 0 Å². The summed E-state index contributed by atoms with van der Waals surface area (Å²) in [5, 5.41) is 12.4. The smallest absolute Gasteiger partial charge is 0.306 e. The molecule has 3 unspecified atom stereocenters. The second-order valence-corrected chi connectivity index (χ2v) is 4.29. The van der Waals surface area contributed by atoms with Crippen molar-refractivity contribution in [1.29, 1.82) is 0 Å². The molecular weight excluding hydrogens is 202 g/mol.